The second-order valence-electron chi connectivity index (χ2n) is 3.75. The number of hydrogen-bond acceptors (Lipinski definition) is 4. The summed E-state index contributed by atoms with van der Waals surface area (Å²) in [6.45, 7) is 6.46. The highest BCUT2D eigenvalue weighted by molar-refractivity contribution is 7.99. The molecule has 3 nitrogen and oxygen atoms in total. The maximum atomic E-state index is 5.52. The Kier molecular flexibility index (Phi) is 4.20. The Balaban J connectivity index is 2.53. The molecule has 0 radical (unpaired) electrons. The van der Waals surface area contributed by atoms with Gasteiger partial charge < -0.3 is 5.73 Å². The van der Waals surface area contributed by atoms with E-state index in [0.29, 0.717) is 5.95 Å². The molecular weight excluding hydrogens is 194 g/mol. The van der Waals surface area contributed by atoms with Crippen LogP contribution in [-0.4, -0.2) is 15.7 Å². The van der Waals surface area contributed by atoms with Crippen molar-refractivity contribution in [1.29, 1.82) is 0 Å². The highest BCUT2D eigenvalue weighted by Gasteiger charge is 2.03. The number of nitrogens with zero attached hydrogens (tertiary/aromatic N) is 2. The van der Waals surface area contributed by atoms with Gasteiger partial charge in [0.05, 0.1) is 0 Å². The molecule has 1 aromatic heterocycles. The van der Waals surface area contributed by atoms with Gasteiger partial charge in [0.2, 0.25) is 5.95 Å². The molecule has 0 unspecified atom stereocenters. The highest BCUT2D eigenvalue weighted by Crippen LogP contribution is 2.21. The molecule has 0 bridgehead atoms. The molecule has 14 heavy (non-hydrogen) atoms. The van der Waals surface area contributed by atoms with Crippen molar-refractivity contribution in [2.45, 2.75) is 32.2 Å². The number of anilines is 1. The van der Waals surface area contributed by atoms with E-state index in [4.69, 9.17) is 5.73 Å². The lowest BCUT2D eigenvalue weighted by molar-refractivity contribution is 0.632. The number of aromatic nitrogens is 2. The van der Waals surface area contributed by atoms with Crippen LogP contribution in [-0.2, 0) is 0 Å². The van der Waals surface area contributed by atoms with Gasteiger partial charge in [-0.05, 0) is 30.6 Å². The minimum absolute atomic E-state index is 0.364. The molecule has 0 saturated heterocycles. The molecule has 0 aliphatic rings. The van der Waals surface area contributed by atoms with Crippen molar-refractivity contribution in [3.63, 3.8) is 0 Å². The lowest BCUT2D eigenvalue weighted by Crippen LogP contribution is -1.98. The Hall–Kier alpha value is -0.770. The average molecular weight is 211 g/mol. The Morgan fingerprint density at radius 3 is 2.86 bits per heavy atom. The molecule has 1 heterocycles. The van der Waals surface area contributed by atoms with E-state index in [0.717, 1.165) is 22.3 Å². The van der Waals surface area contributed by atoms with Crippen molar-refractivity contribution in [2.24, 2.45) is 5.92 Å². The number of thioether (sulfide) groups is 1. The molecule has 0 aromatic carbocycles. The first-order valence-corrected chi connectivity index (χ1v) is 5.80. The van der Waals surface area contributed by atoms with E-state index < -0.39 is 0 Å². The molecule has 0 fully saturated rings. The molecule has 4 heteroatoms. The molecule has 1 rings (SSSR count). The van der Waals surface area contributed by atoms with Crippen LogP contribution in [0.25, 0.3) is 0 Å². The van der Waals surface area contributed by atoms with E-state index in [-0.39, 0.29) is 0 Å². The third-order valence-corrected chi connectivity index (χ3v) is 3.00. The Labute approximate surface area is 89.5 Å². The molecular formula is C10H17N3S. The summed E-state index contributed by atoms with van der Waals surface area (Å²) in [5.74, 6) is 2.19. The fourth-order valence-corrected chi connectivity index (χ4v) is 2.20. The predicted molar refractivity (Wildman–Crippen MR) is 61.4 cm³/mol. The van der Waals surface area contributed by atoms with E-state index in [1.165, 1.54) is 6.42 Å². The molecule has 78 valence electrons. The first-order chi connectivity index (χ1) is 6.59. The van der Waals surface area contributed by atoms with Crippen LogP contribution < -0.4 is 5.73 Å². The molecule has 0 amide bonds. The van der Waals surface area contributed by atoms with Crippen LogP contribution in [0.5, 0.6) is 0 Å². The van der Waals surface area contributed by atoms with Crippen LogP contribution in [0.2, 0.25) is 0 Å². The summed E-state index contributed by atoms with van der Waals surface area (Å²) in [5.41, 5.74) is 6.63. The molecule has 0 aliphatic carbocycles. The molecule has 0 saturated carbocycles. The van der Waals surface area contributed by atoms with Gasteiger partial charge in [0, 0.05) is 6.20 Å². The number of aryl methyl sites for hydroxylation is 1. The van der Waals surface area contributed by atoms with Crippen LogP contribution in [0.3, 0.4) is 0 Å². The van der Waals surface area contributed by atoms with E-state index in [9.17, 15) is 0 Å². The van der Waals surface area contributed by atoms with Crippen molar-refractivity contribution in [3.8, 4) is 0 Å². The number of rotatable bonds is 4. The van der Waals surface area contributed by atoms with Crippen molar-refractivity contribution >= 4 is 17.7 Å². The van der Waals surface area contributed by atoms with Crippen molar-refractivity contribution in [1.82, 2.24) is 9.97 Å². The van der Waals surface area contributed by atoms with Gasteiger partial charge >= 0.3 is 0 Å². The van der Waals surface area contributed by atoms with Crippen LogP contribution in [0, 0.1) is 12.8 Å². The van der Waals surface area contributed by atoms with Crippen LogP contribution in [0.15, 0.2) is 11.2 Å². The van der Waals surface area contributed by atoms with Crippen LogP contribution >= 0.6 is 11.8 Å². The summed E-state index contributed by atoms with van der Waals surface area (Å²) in [6.07, 6.45) is 2.98. The molecule has 0 atom stereocenters. The molecule has 0 aliphatic heterocycles. The minimum atomic E-state index is 0.364. The normalized spacial score (nSPS) is 10.9. The smallest absolute Gasteiger partial charge is 0.221 e. The zero-order chi connectivity index (χ0) is 10.6. The Morgan fingerprint density at radius 2 is 2.21 bits per heavy atom. The number of hydrogen-bond donors (Lipinski definition) is 1. The Morgan fingerprint density at radius 1 is 1.50 bits per heavy atom. The second-order valence-corrected chi connectivity index (χ2v) is 4.83. The first-order valence-electron chi connectivity index (χ1n) is 4.81. The van der Waals surface area contributed by atoms with Gasteiger partial charge in [0.15, 0.2) is 0 Å². The maximum Gasteiger partial charge on any atom is 0.221 e. The third-order valence-electron chi connectivity index (χ3n) is 1.88. The van der Waals surface area contributed by atoms with Crippen molar-refractivity contribution < 1.29 is 0 Å². The minimum Gasteiger partial charge on any atom is -0.368 e. The van der Waals surface area contributed by atoms with Crippen molar-refractivity contribution in [3.05, 3.63) is 11.8 Å². The van der Waals surface area contributed by atoms with Gasteiger partial charge in [0.25, 0.3) is 0 Å². The van der Waals surface area contributed by atoms with E-state index in [1.54, 1.807) is 18.0 Å². The van der Waals surface area contributed by atoms with Gasteiger partial charge in [-0.15, -0.1) is 11.8 Å². The predicted octanol–water partition coefficient (Wildman–Crippen LogP) is 2.51. The number of nitrogens with two attached hydrogens (primary N) is 1. The standard InChI is InChI=1S/C10H17N3S/c1-7(2)4-5-14-9-8(3)6-12-10(11)13-9/h6-7H,4-5H2,1-3H3,(H2,11,12,13). The monoisotopic (exact) mass is 211 g/mol. The SMILES string of the molecule is Cc1cnc(N)nc1SCCC(C)C. The molecule has 0 spiro atoms. The number of nitrogen functional groups attached to an aromatic ring is 1. The van der Waals surface area contributed by atoms with Gasteiger partial charge in [-0.25, -0.2) is 9.97 Å². The maximum absolute atomic E-state index is 5.52. The fourth-order valence-electron chi connectivity index (χ4n) is 0.977. The topological polar surface area (TPSA) is 51.8 Å². The summed E-state index contributed by atoms with van der Waals surface area (Å²) in [6, 6.07) is 0. The summed E-state index contributed by atoms with van der Waals surface area (Å²) in [7, 11) is 0. The lowest BCUT2D eigenvalue weighted by Gasteiger charge is -2.06. The fraction of sp³-hybridized carbons (Fsp3) is 0.600. The molecule has 2 N–H and O–H groups in total. The summed E-state index contributed by atoms with van der Waals surface area (Å²) in [4.78, 5) is 8.14. The zero-order valence-corrected chi connectivity index (χ0v) is 9.77. The molecule has 1 aromatic rings. The summed E-state index contributed by atoms with van der Waals surface area (Å²) >= 11 is 1.76. The van der Waals surface area contributed by atoms with Gasteiger partial charge in [-0.3, -0.25) is 0 Å². The van der Waals surface area contributed by atoms with E-state index in [1.807, 2.05) is 6.92 Å². The average Bonchev–Trinajstić information content (AvgIpc) is 2.10. The zero-order valence-electron chi connectivity index (χ0n) is 8.95. The van der Waals surface area contributed by atoms with Gasteiger partial charge in [0.1, 0.15) is 5.03 Å². The largest absolute Gasteiger partial charge is 0.368 e. The van der Waals surface area contributed by atoms with Crippen molar-refractivity contribution in [2.75, 3.05) is 11.5 Å². The third kappa shape index (κ3) is 3.54. The lowest BCUT2D eigenvalue weighted by atomic mass is 10.2. The van der Waals surface area contributed by atoms with E-state index in [2.05, 4.69) is 23.8 Å². The highest BCUT2D eigenvalue weighted by atomic mass is 32.2. The Bertz CT molecular complexity index is 299. The van der Waals surface area contributed by atoms with Gasteiger partial charge in [-0.1, -0.05) is 13.8 Å². The quantitative estimate of drug-likeness (QED) is 0.614. The second kappa shape index (κ2) is 5.20. The first kappa shape index (κ1) is 11.3. The summed E-state index contributed by atoms with van der Waals surface area (Å²) < 4.78 is 0. The van der Waals surface area contributed by atoms with Crippen LogP contribution in [0.1, 0.15) is 25.8 Å². The summed E-state index contributed by atoms with van der Waals surface area (Å²) in [5, 5.41) is 1.01. The van der Waals surface area contributed by atoms with Gasteiger partial charge in [-0.2, -0.15) is 0 Å². The van der Waals surface area contributed by atoms with Crippen LogP contribution in [0.4, 0.5) is 5.95 Å². The van der Waals surface area contributed by atoms with E-state index >= 15 is 0 Å².